The highest BCUT2D eigenvalue weighted by atomic mass is 16.5. The number of aromatic amines is 1. The highest BCUT2D eigenvalue weighted by Crippen LogP contribution is 2.21. The normalized spacial score (nSPS) is 11.2. The average molecular weight is 348 g/mol. The van der Waals surface area contributed by atoms with E-state index < -0.39 is 0 Å². The molecular formula is C20H20N4O2. The van der Waals surface area contributed by atoms with Crippen molar-refractivity contribution < 1.29 is 9.53 Å². The lowest BCUT2D eigenvalue weighted by molar-refractivity contribution is 0.0950. The summed E-state index contributed by atoms with van der Waals surface area (Å²) in [6.07, 6.45) is 0. The van der Waals surface area contributed by atoms with Gasteiger partial charge >= 0.3 is 0 Å². The molecular weight excluding hydrogens is 328 g/mol. The van der Waals surface area contributed by atoms with Crippen LogP contribution in [0.3, 0.4) is 0 Å². The van der Waals surface area contributed by atoms with Crippen molar-refractivity contribution >= 4 is 11.6 Å². The molecule has 0 radical (unpaired) electrons. The van der Waals surface area contributed by atoms with Gasteiger partial charge in [0.2, 0.25) is 0 Å². The molecule has 0 aliphatic carbocycles. The topological polar surface area (TPSA) is 79.4 Å². The molecule has 1 aromatic heterocycles. The van der Waals surface area contributed by atoms with Gasteiger partial charge in [-0.3, -0.25) is 9.89 Å². The van der Waals surface area contributed by atoms with Crippen molar-refractivity contribution in [1.29, 1.82) is 0 Å². The summed E-state index contributed by atoms with van der Waals surface area (Å²) in [5.74, 6) is 0.459. The number of benzene rings is 2. The molecule has 0 saturated carbocycles. The predicted molar refractivity (Wildman–Crippen MR) is 101 cm³/mol. The standard InChI is InChI=1S/C20H20N4O2/c1-3-26-17-11-9-16(10-12-17)18-13-19(23-22-18)20(25)24-21-14(2)15-7-5-4-6-8-15/h4-13H,3H2,1-2H3,(H,22,23)(H,24,25)/b21-14-. The molecule has 6 heteroatoms. The minimum Gasteiger partial charge on any atom is -0.494 e. The Morgan fingerprint density at radius 3 is 2.58 bits per heavy atom. The average Bonchev–Trinajstić information content (AvgIpc) is 3.18. The molecule has 0 aliphatic heterocycles. The number of ether oxygens (including phenoxy) is 1. The third-order valence-corrected chi connectivity index (χ3v) is 3.80. The van der Waals surface area contributed by atoms with Gasteiger partial charge in [0.1, 0.15) is 11.4 Å². The minimum atomic E-state index is -0.343. The van der Waals surface area contributed by atoms with Gasteiger partial charge in [0.25, 0.3) is 5.91 Å². The van der Waals surface area contributed by atoms with Crippen LogP contribution in [0.5, 0.6) is 5.75 Å². The van der Waals surface area contributed by atoms with E-state index in [2.05, 4.69) is 20.7 Å². The van der Waals surface area contributed by atoms with Crippen LogP contribution in [0.15, 0.2) is 65.8 Å². The zero-order valence-corrected chi connectivity index (χ0v) is 14.7. The molecule has 2 aromatic carbocycles. The second kappa shape index (κ2) is 8.11. The molecule has 0 unspecified atom stereocenters. The maximum Gasteiger partial charge on any atom is 0.289 e. The first-order valence-electron chi connectivity index (χ1n) is 8.36. The maximum absolute atomic E-state index is 12.3. The lowest BCUT2D eigenvalue weighted by Crippen LogP contribution is -2.19. The number of hydrogen-bond donors (Lipinski definition) is 2. The zero-order valence-electron chi connectivity index (χ0n) is 14.7. The molecule has 6 nitrogen and oxygen atoms in total. The van der Waals surface area contributed by atoms with Crippen LogP contribution in [-0.2, 0) is 0 Å². The molecule has 3 rings (SSSR count). The van der Waals surface area contributed by atoms with E-state index in [1.165, 1.54) is 0 Å². The number of hydrogen-bond acceptors (Lipinski definition) is 4. The van der Waals surface area contributed by atoms with Gasteiger partial charge in [0, 0.05) is 5.56 Å². The van der Waals surface area contributed by atoms with E-state index in [4.69, 9.17) is 4.74 Å². The van der Waals surface area contributed by atoms with Gasteiger partial charge in [-0.2, -0.15) is 10.2 Å². The first-order chi connectivity index (χ1) is 12.7. The Kier molecular flexibility index (Phi) is 5.43. The molecule has 0 bridgehead atoms. The lowest BCUT2D eigenvalue weighted by Gasteiger charge is -2.02. The summed E-state index contributed by atoms with van der Waals surface area (Å²) >= 11 is 0. The molecule has 0 aliphatic rings. The van der Waals surface area contributed by atoms with Crippen LogP contribution < -0.4 is 10.2 Å². The van der Waals surface area contributed by atoms with Crippen LogP contribution in [0.25, 0.3) is 11.3 Å². The van der Waals surface area contributed by atoms with Crippen LogP contribution >= 0.6 is 0 Å². The van der Waals surface area contributed by atoms with Gasteiger partial charge in [0.15, 0.2) is 0 Å². The highest BCUT2D eigenvalue weighted by molar-refractivity contribution is 6.00. The van der Waals surface area contributed by atoms with Gasteiger partial charge in [-0.25, -0.2) is 5.43 Å². The number of nitrogens with zero attached hydrogens (tertiary/aromatic N) is 2. The molecule has 2 N–H and O–H groups in total. The smallest absolute Gasteiger partial charge is 0.289 e. The summed E-state index contributed by atoms with van der Waals surface area (Å²) in [5, 5.41) is 11.1. The van der Waals surface area contributed by atoms with E-state index >= 15 is 0 Å². The fraction of sp³-hybridized carbons (Fsp3) is 0.150. The lowest BCUT2D eigenvalue weighted by atomic mass is 10.1. The summed E-state index contributed by atoms with van der Waals surface area (Å²) in [4.78, 5) is 12.3. The summed E-state index contributed by atoms with van der Waals surface area (Å²) in [6, 6.07) is 18.9. The van der Waals surface area contributed by atoms with Gasteiger partial charge in [-0.15, -0.1) is 0 Å². The molecule has 1 amide bonds. The van der Waals surface area contributed by atoms with Crippen molar-refractivity contribution in [2.24, 2.45) is 5.10 Å². The molecule has 0 saturated heterocycles. The Morgan fingerprint density at radius 2 is 1.88 bits per heavy atom. The molecule has 26 heavy (non-hydrogen) atoms. The number of hydrazone groups is 1. The summed E-state index contributed by atoms with van der Waals surface area (Å²) in [6.45, 7) is 4.40. The Morgan fingerprint density at radius 1 is 1.15 bits per heavy atom. The Bertz CT molecular complexity index is 899. The minimum absolute atomic E-state index is 0.343. The second-order valence-corrected chi connectivity index (χ2v) is 5.63. The van der Waals surface area contributed by atoms with Crippen molar-refractivity contribution in [1.82, 2.24) is 15.6 Å². The van der Waals surface area contributed by atoms with E-state index in [-0.39, 0.29) is 5.91 Å². The van der Waals surface area contributed by atoms with E-state index in [0.717, 1.165) is 22.6 Å². The van der Waals surface area contributed by atoms with Crippen molar-refractivity contribution in [3.05, 3.63) is 71.9 Å². The number of amides is 1. The quantitative estimate of drug-likeness (QED) is 0.527. The fourth-order valence-corrected chi connectivity index (χ4v) is 2.41. The van der Waals surface area contributed by atoms with Crippen LogP contribution in [0, 0.1) is 0 Å². The first-order valence-corrected chi connectivity index (χ1v) is 8.36. The van der Waals surface area contributed by atoms with Crippen molar-refractivity contribution in [3.63, 3.8) is 0 Å². The second-order valence-electron chi connectivity index (χ2n) is 5.63. The number of carbonyl (C=O) groups is 1. The largest absolute Gasteiger partial charge is 0.494 e. The van der Waals surface area contributed by atoms with Gasteiger partial charge in [0.05, 0.1) is 18.0 Å². The number of aromatic nitrogens is 2. The highest BCUT2D eigenvalue weighted by Gasteiger charge is 2.11. The van der Waals surface area contributed by atoms with E-state index in [9.17, 15) is 4.79 Å². The first kappa shape index (κ1) is 17.4. The molecule has 0 spiro atoms. The van der Waals surface area contributed by atoms with Gasteiger partial charge in [-0.05, 0) is 49.7 Å². The number of H-pyrrole nitrogens is 1. The van der Waals surface area contributed by atoms with E-state index in [0.29, 0.717) is 18.0 Å². The number of rotatable bonds is 6. The SMILES string of the molecule is CCOc1ccc(-c2cc(C(=O)N/N=C(/C)c3ccccc3)[nH]n2)cc1. The molecule has 132 valence electrons. The molecule has 0 fully saturated rings. The predicted octanol–water partition coefficient (Wildman–Crippen LogP) is 3.63. The fourth-order valence-electron chi connectivity index (χ4n) is 2.41. The molecule has 1 heterocycles. The third kappa shape index (κ3) is 4.16. The summed E-state index contributed by atoms with van der Waals surface area (Å²) in [7, 11) is 0. The number of nitrogens with one attached hydrogen (secondary N) is 2. The van der Waals surface area contributed by atoms with Crippen molar-refractivity contribution in [2.75, 3.05) is 6.61 Å². The van der Waals surface area contributed by atoms with Crippen molar-refractivity contribution in [2.45, 2.75) is 13.8 Å². The summed E-state index contributed by atoms with van der Waals surface area (Å²) in [5.41, 5.74) is 6.15. The van der Waals surface area contributed by atoms with Crippen LogP contribution in [0.2, 0.25) is 0 Å². The van der Waals surface area contributed by atoms with E-state index in [1.54, 1.807) is 6.07 Å². The molecule has 3 aromatic rings. The van der Waals surface area contributed by atoms with Crippen molar-refractivity contribution in [3.8, 4) is 17.0 Å². The molecule has 0 atom stereocenters. The van der Waals surface area contributed by atoms with Crippen LogP contribution in [0.4, 0.5) is 0 Å². The van der Waals surface area contributed by atoms with E-state index in [1.807, 2.05) is 68.4 Å². The Labute approximate surface area is 151 Å². The Hall–Kier alpha value is -3.41. The summed E-state index contributed by atoms with van der Waals surface area (Å²) < 4.78 is 5.42. The van der Waals surface area contributed by atoms with Gasteiger partial charge in [-0.1, -0.05) is 30.3 Å². The monoisotopic (exact) mass is 348 g/mol. The zero-order chi connectivity index (χ0) is 18.4. The van der Waals surface area contributed by atoms with Crippen LogP contribution in [-0.4, -0.2) is 28.4 Å². The number of carbonyl (C=O) groups excluding carboxylic acids is 1. The van der Waals surface area contributed by atoms with Gasteiger partial charge < -0.3 is 4.74 Å². The van der Waals surface area contributed by atoms with Crippen LogP contribution in [0.1, 0.15) is 29.9 Å². The maximum atomic E-state index is 12.3. The Balaban J connectivity index is 1.68. The third-order valence-electron chi connectivity index (χ3n) is 3.80.